The van der Waals surface area contributed by atoms with Crippen LogP contribution in [0.15, 0.2) is 152 Å². The van der Waals surface area contributed by atoms with Gasteiger partial charge in [0.15, 0.2) is 0 Å². The Morgan fingerprint density at radius 2 is 0.771 bits per heavy atom. The van der Waals surface area contributed by atoms with Crippen LogP contribution < -0.4 is 0 Å². The molecule has 0 fully saturated rings. The van der Waals surface area contributed by atoms with Crippen LogP contribution in [0.25, 0.3) is 99.0 Å². The molecule has 6 aromatic carbocycles. The van der Waals surface area contributed by atoms with Gasteiger partial charge in [-0.2, -0.15) is 0 Å². The summed E-state index contributed by atoms with van der Waals surface area (Å²) in [5.41, 5.74) is 12.8. The SMILES string of the molecule is c1ccc2c(c1)nc1c3cc(-c4cncc(-c5ccc6c7ccccc7n7c8ccccc8nc7c6c5)c4)ccc3c3ccccc3n21. The van der Waals surface area contributed by atoms with Gasteiger partial charge >= 0.3 is 0 Å². The second-order valence-corrected chi connectivity index (χ2v) is 12.5. The first-order valence-electron chi connectivity index (χ1n) is 16.2. The number of hydrogen-bond acceptors (Lipinski definition) is 3. The van der Waals surface area contributed by atoms with E-state index in [1.54, 1.807) is 0 Å². The number of rotatable bonds is 2. The Kier molecular flexibility index (Phi) is 5.05. The fourth-order valence-corrected chi connectivity index (χ4v) is 7.74. The lowest BCUT2D eigenvalue weighted by atomic mass is 9.97. The highest BCUT2D eigenvalue weighted by molar-refractivity contribution is 6.16. The van der Waals surface area contributed by atoms with E-state index in [-0.39, 0.29) is 0 Å². The van der Waals surface area contributed by atoms with Gasteiger partial charge in [-0.25, -0.2) is 9.97 Å². The summed E-state index contributed by atoms with van der Waals surface area (Å²) in [7, 11) is 0. The minimum Gasteiger partial charge on any atom is -0.292 e. The molecule has 0 amide bonds. The third kappa shape index (κ3) is 3.47. The molecular formula is C43H25N5. The van der Waals surface area contributed by atoms with Crippen molar-refractivity contribution in [3.63, 3.8) is 0 Å². The zero-order valence-corrected chi connectivity index (χ0v) is 25.7. The van der Waals surface area contributed by atoms with Gasteiger partial charge in [0.2, 0.25) is 0 Å². The molecule has 11 aromatic rings. The van der Waals surface area contributed by atoms with Gasteiger partial charge < -0.3 is 0 Å². The normalized spacial score (nSPS) is 12.2. The standard InChI is InChI=1S/C43H25N5/c1-5-13-38-32(9-1)30-19-17-26(22-34(30)42-45-36-11-3-7-15-40(36)47(38)42)28-21-29(25-44-24-28)27-18-20-31-33-10-2-6-14-39(33)48-41-16-8-4-12-37(41)46-43(48)35(31)23-27/h1-25H. The third-order valence-corrected chi connectivity index (χ3v) is 9.92. The number of nitrogens with zero attached hydrogens (tertiary/aromatic N) is 5. The predicted molar refractivity (Wildman–Crippen MR) is 198 cm³/mol. The average molecular weight is 612 g/mol. The molecule has 0 bridgehead atoms. The van der Waals surface area contributed by atoms with E-state index in [1.165, 1.54) is 21.5 Å². The fourth-order valence-electron chi connectivity index (χ4n) is 7.74. The number of para-hydroxylation sites is 6. The minimum absolute atomic E-state index is 0.966. The van der Waals surface area contributed by atoms with Crippen molar-refractivity contribution < 1.29 is 0 Å². The Labute approximate surface area is 274 Å². The fraction of sp³-hybridized carbons (Fsp3) is 0. The summed E-state index contributed by atoms with van der Waals surface area (Å²) >= 11 is 0. The van der Waals surface area contributed by atoms with Gasteiger partial charge in [0.25, 0.3) is 0 Å². The highest BCUT2D eigenvalue weighted by atomic mass is 15.0. The molecular weight excluding hydrogens is 587 g/mol. The Balaban J connectivity index is 1.12. The first kappa shape index (κ1) is 25.6. The van der Waals surface area contributed by atoms with Crippen LogP contribution in [0.1, 0.15) is 0 Å². The first-order chi connectivity index (χ1) is 23.8. The maximum absolute atomic E-state index is 5.12. The second-order valence-electron chi connectivity index (χ2n) is 12.5. The maximum Gasteiger partial charge on any atom is 0.146 e. The van der Waals surface area contributed by atoms with Crippen LogP contribution in [0.3, 0.4) is 0 Å². The van der Waals surface area contributed by atoms with Crippen LogP contribution in [0, 0.1) is 0 Å². The van der Waals surface area contributed by atoms with Gasteiger partial charge in [-0.15, -0.1) is 0 Å². The molecule has 0 radical (unpaired) electrons. The number of pyridine rings is 3. The van der Waals surface area contributed by atoms with Gasteiger partial charge in [0, 0.05) is 45.1 Å². The van der Waals surface area contributed by atoms with Crippen molar-refractivity contribution >= 4 is 76.7 Å². The van der Waals surface area contributed by atoms with Crippen LogP contribution in [-0.2, 0) is 0 Å². The third-order valence-electron chi connectivity index (χ3n) is 9.92. The molecule has 0 aliphatic carbocycles. The lowest BCUT2D eigenvalue weighted by Gasteiger charge is -2.12. The Morgan fingerprint density at radius 3 is 1.27 bits per heavy atom. The van der Waals surface area contributed by atoms with Crippen LogP contribution in [-0.4, -0.2) is 23.8 Å². The van der Waals surface area contributed by atoms with Crippen LogP contribution in [0.4, 0.5) is 0 Å². The van der Waals surface area contributed by atoms with Crippen molar-refractivity contribution in [2.24, 2.45) is 0 Å². The average Bonchev–Trinajstić information content (AvgIpc) is 3.75. The number of benzene rings is 6. The zero-order chi connectivity index (χ0) is 31.3. The molecule has 0 atom stereocenters. The van der Waals surface area contributed by atoms with Crippen molar-refractivity contribution in [1.29, 1.82) is 0 Å². The van der Waals surface area contributed by atoms with Gasteiger partial charge in [-0.05, 0) is 76.5 Å². The molecule has 0 saturated heterocycles. The Bertz CT molecular complexity index is 2920. The summed E-state index contributed by atoms with van der Waals surface area (Å²) in [6.45, 7) is 0. The molecule has 5 heterocycles. The summed E-state index contributed by atoms with van der Waals surface area (Å²) in [6.07, 6.45) is 3.91. The molecule has 222 valence electrons. The molecule has 11 rings (SSSR count). The second kappa shape index (κ2) is 9.47. The largest absolute Gasteiger partial charge is 0.292 e. The molecule has 0 unspecified atom stereocenters. The van der Waals surface area contributed by atoms with E-state index < -0.39 is 0 Å². The predicted octanol–water partition coefficient (Wildman–Crippen LogP) is 10.6. The molecule has 0 N–H and O–H groups in total. The summed E-state index contributed by atoms with van der Waals surface area (Å²) in [5.74, 6) is 0. The van der Waals surface area contributed by atoms with Crippen molar-refractivity contribution in [1.82, 2.24) is 23.8 Å². The smallest absolute Gasteiger partial charge is 0.146 e. The lowest BCUT2D eigenvalue weighted by molar-refractivity contribution is 1.31. The van der Waals surface area contributed by atoms with Gasteiger partial charge in [-0.3, -0.25) is 13.8 Å². The van der Waals surface area contributed by atoms with E-state index in [4.69, 9.17) is 15.0 Å². The van der Waals surface area contributed by atoms with Crippen LogP contribution in [0.2, 0.25) is 0 Å². The Morgan fingerprint density at radius 1 is 0.333 bits per heavy atom. The highest BCUT2D eigenvalue weighted by Crippen LogP contribution is 2.37. The van der Waals surface area contributed by atoms with E-state index in [0.717, 1.165) is 77.4 Å². The van der Waals surface area contributed by atoms with Gasteiger partial charge in [0.1, 0.15) is 11.3 Å². The topological polar surface area (TPSA) is 47.5 Å². The van der Waals surface area contributed by atoms with Crippen molar-refractivity contribution in [3.05, 3.63) is 152 Å². The quantitative estimate of drug-likeness (QED) is 0.183. The van der Waals surface area contributed by atoms with Crippen LogP contribution >= 0.6 is 0 Å². The summed E-state index contributed by atoms with van der Waals surface area (Å²) in [6, 6.07) is 49.6. The summed E-state index contributed by atoms with van der Waals surface area (Å²) in [4.78, 5) is 15.0. The number of aromatic nitrogens is 5. The molecule has 0 aliphatic heterocycles. The minimum atomic E-state index is 0.966. The molecule has 0 spiro atoms. The highest BCUT2D eigenvalue weighted by Gasteiger charge is 2.16. The monoisotopic (exact) mass is 611 g/mol. The van der Waals surface area contributed by atoms with Crippen molar-refractivity contribution in [2.45, 2.75) is 0 Å². The lowest BCUT2D eigenvalue weighted by Crippen LogP contribution is -1.93. The number of fused-ring (bicyclic) bond motifs is 16. The molecule has 0 aliphatic rings. The van der Waals surface area contributed by atoms with Crippen molar-refractivity contribution in [3.8, 4) is 22.3 Å². The van der Waals surface area contributed by atoms with E-state index in [0.29, 0.717) is 0 Å². The molecule has 0 saturated carbocycles. The van der Waals surface area contributed by atoms with E-state index in [9.17, 15) is 0 Å². The zero-order valence-electron chi connectivity index (χ0n) is 25.7. The molecule has 5 aromatic heterocycles. The molecule has 5 heteroatoms. The maximum atomic E-state index is 5.12. The first-order valence-corrected chi connectivity index (χ1v) is 16.2. The Hall–Kier alpha value is -6.59. The van der Waals surface area contributed by atoms with E-state index >= 15 is 0 Å². The molecule has 5 nitrogen and oxygen atoms in total. The number of imidazole rings is 2. The summed E-state index contributed by atoms with van der Waals surface area (Å²) < 4.78 is 4.59. The van der Waals surface area contributed by atoms with Gasteiger partial charge in [0.05, 0.1) is 33.1 Å². The molecule has 48 heavy (non-hydrogen) atoms. The summed E-state index contributed by atoms with van der Waals surface area (Å²) in [5, 5.41) is 7.06. The van der Waals surface area contributed by atoms with Crippen molar-refractivity contribution in [2.75, 3.05) is 0 Å². The van der Waals surface area contributed by atoms with Gasteiger partial charge in [-0.1, -0.05) is 84.9 Å². The van der Waals surface area contributed by atoms with Crippen LogP contribution in [0.5, 0.6) is 0 Å². The number of hydrogen-bond donors (Lipinski definition) is 0. The van der Waals surface area contributed by atoms with E-state index in [1.807, 2.05) is 12.4 Å². The van der Waals surface area contributed by atoms with E-state index in [2.05, 4.69) is 148 Å².